The average molecular weight is 355 g/mol. The molecule has 26 heavy (non-hydrogen) atoms. The van der Waals surface area contributed by atoms with Crippen molar-refractivity contribution in [3.05, 3.63) is 53.1 Å². The number of benzene rings is 2. The molecule has 1 amide bonds. The fourth-order valence-corrected chi connectivity index (χ4v) is 3.04. The van der Waals surface area contributed by atoms with Crippen LogP contribution in [-0.2, 0) is 4.79 Å². The molecule has 5 nitrogen and oxygen atoms in total. The van der Waals surface area contributed by atoms with E-state index < -0.39 is 0 Å². The molecule has 0 aliphatic carbocycles. The molecule has 0 saturated carbocycles. The van der Waals surface area contributed by atoms with Gasteiger partial charge in [-0.05, 0) is 49.6 Å². The summed E-state index contributed by atoms with van der Waals surface area (Å²) in [5, 5.41) is 3.03. The number of hydrogen-bond acceptors (Lipinski definition) is 4. The molecule has 1 heterocycles. The topological polar surface area (TPSA) is 56.8 Å². The van der Waals surface area contributed by atoms with E-state index in [1.54, 1.807) is 0 Å². The molecular weight excluding hydrogens is 330 g/mol. The van der Waals surface area contributed by atoms with Crippen molar-refractivity contribution in [3.8, 4) is 17.2 Å². The van der Waals surface area contributed by atoms with E-state index in [2.05, 4.69) is 5.32 Å². The Morgan fingerprint density at radius 2 is 1.88 bits per heavy atom. The van der Waals surface area contributed by atoms with Crippen LogP contribution in [0, 0.1) is 13.8 Å². The van der Waals surface area contributed by atoms with Crippen LogP contribution in [0.3, 0.4) is 0 Å². The number of aryl methyl sites for hydroxylation is 2. The number of fused-ring (bicyclic) bond motifs is 1. The number of carbonyl (C=O) groups is 1. The molecule has 1 unspecified atom stereocenters. The summed E-state index contributed by atoms with van der Waals surface area (Å²) in [4.78, 5) is 12.3. The van der Waals surface area contributed by atoms with E-state index >= 15 is 0 Å². The van der Waals surface area contributed by atoms with Crippen LogP contribution in [0.5, 0.6) is 17.2 Å². The number of nitrogens with one attached hydrogen (secondary N) is 1. The molecule has 138 valence electrons. The summed E-state index contributed by atoms with van der Waals surface area (Å²) in [6, 6.07) is 11.6. The van der Waals surface area contributed by atoms with Crippen LogP contribution in [0.2, 0.25) is 0 Å². The van der Waals surface area contributed by atoms with Crippen molar-refractivity contribution in [2.75, 3.05) is 19.8 Å². The summed E-state index contributed by atoms with van der Waals surface area (Å²) >= 11 is 0. The Labute approximate surface area is 154 Å². The summed E-state index contributed by atoms with van der Waals surface area (Å²) < 4.78 is 16.8. The summed E-state index contributed by atoms with van der Waals surface area (Å²) in [6.07, 6.45) is 0.773. The van der Waals surface area contributed by atoms with E-state index in [-0.39, 0.29) is 18.6 Å². The molecule has 0 saturated heterocycles. The number of hydrogen-bond donors (Lipinski definition) is 1. The Morgan fingerprint density at radius 1 is 1.12 bits per heavy atom. The van der Waals surface area contributed by atoms with E-state index in [4.69, 9.17) is 14.2 Å². The van der Waals surface area contributed by atoms with Gasteiger partial charge in [-0.25, -0.2) is 0 Å². The molecule has 0 radical (unpaired) electrons. The van der Waals surface area contributed by atoms with E-state index in [0.717, 1.165) is 34.8 Å². The minimum absolute atomic E-state index is 0.00898. The van der Waals surface area contributed by atoms with Gasteiger partial charge in [0.1, 0.15) is 19.0 Å². The zero-order chi connectivity index (χ0) is 18.5. The highest BCUT2D eigenvalue weighted by molar-refractivity contribution is 5.78. The largest absolute Gasteiger partial charge is 0.486 e. The predicted molar refractivity (Wildman–Crippen MR) is 100 cm³/mol. The summed E-state index contributed by atoms with van der Waals surface area (Å²) in [6.45, 7) is 7.14. The second kappa shape index (κ2) is 8.13. The number of amides is 1. The zero-order valence-electron chi connectivity index (χ0n) is 15.5. The molecule has 1 aliphatic heterocycles. The molecule has 1 N–H and O–H groups in total. The van der Waals surface area contributed by atoms with Crippen molar-refractivity contribution in [2.45, 2.75) is 33.2 Å². The average Bonchev–Trinajstić information content (AvgIpc) is 2.65. The highest BCUT2D eigenvalue weighted by atomic mass is 16.6. The van der Waals surface area contributed by atoms with E-state index in [0.29, 0.717) is 13.2 Å². The van der Waals surface area contributed by atoms with E-state index in [1.807, 2.05) is 57.2 Å². The zero-order valence-corrected chi connectivity index (χ0v) is 15.5. The standard InChI is InChI=1S/C21H25NO4/c1-4-17(16-6-8-19-20(12-16)25-10-9-24-19)22-21(23)13-26-18-7-5-14(2)11-15(18)3/h5-8,11-12,17H,4,9-10,13H2,1-3H3,(H,22,23). The summed E-state index contributed by atoms with van der Waals surface area (Å²) in [5.41, 5.74) is 3.19. The van der Waals surface area contributed by atoms with Gasteiger partial charge in [-0.3, -0.25) is 4.79 Å². The lowest BCUT2D eigenvalue weighted by Gasteiger charge is -2.22. The lowest BCUT2D eigenvalue weighted by molar-refractivity contribution is -0.123. The fraction of sp³-hybridized carbons (Fsp3) is 0.381. The molecule has 0 spiro atoms. The third kappa shape index (κ3) is 4.28. The van der Waals surface area contributed by atoms with Gasteiger partial charge >= 0.3 is 0 Å². The Morgan fingerprint density at radius 3 is 2.62 bits per heavy atom. The third-order valence-corrected chi connectivity index (χ3v) is 4.40. The van der Waals surface area contributed by atoms with Gasteiger partial charge in [0.05, 0.1) is 6.04 Å². The molecule has 2 aromatic carbocycles. The molecule has 0 fully saturated rings. The maximum atomic E-state index is 12.3. The smallest absolute Gasteiger partial charge is 0.258 e. The lowest BCUT2D eigenvalue weighted by Crippen LogP contribution is -2.32. The van der Waals surface area contributed by atoms with Crippen molar-refractivity contribution >= 4 is 5.91 Å². The first kappa shape index (κ1) is 18.1. The van der Waals surface area contributed by atoms with Crippen molar-refractivity contribution < 1.29 is 19.0 Å². The minimum atomic E-state index is -0.147. The minimum Gasteiger partial charge on any atom is -0.486 e. The second-order valence-electron chi connectivity index (χ2n) is 6.49. The number of ether oxygens (including phenoxy) is 3. The van der Waals surface area contributed by atoms with Gasteiger partial charge in [-0.15, -0.1) is 0 Å². The lowest BCUT2D eigenvalue weighted by atomic mass is 10.0. The van der Waals surface area contributed by atoms with Gasteiger partial charge in [0, 0.05) is 0 Å². The highest BCUT2D eigenvalue weighted by Crippen LogP contribution is 2.33. The first-order valence-electron chi connectivity index (χ1n) is 8.95. The SMILES string of the molecule is CCC(NC(=O)COc1ccc(C)cc1C)c1ccc2c(c1)OCCO2. The van der Waals surface area contributed by atoms with Gasteiger partial charge in [0.15, 0.2) is 18.1 Å². The Bertz CT molecular complexity index is 788. The van der Waals surface area contributed by atoms with Crippen LogP contribution in [0.4, 0.5) is 0 Å². The maximum absolute atomic E-state index is 12.3. The molecule has 5 heteroatoms. The molecule has 0 aromatic heterocycles. The van der Waals surface area contributed by atoms with Crippen molar-refractivity contribution in [1.29, 1.82) is 0 Å². The van der Waals surface area contributed by atoms with Crippen LogP contribution in [0.25, 0.3) is 0 Å². The van der Waals surface area contributed by atoms with Gasteiger partial charge in [-0.1, -0.05) is 30.7 Å². The van der Waals surface area contributed by atoms with E-state index in [9.17, 15) is 4.79 Å². The molecule has 1 aliphatic rings. The fourth-order valence-electron chi connectivity index (χ4n) is 3.04. The van der Waals surface area contributed by atoms with Gasteiger partial charge in [0.25, 0.3) is 5.91 Å². The summed E-state index contributed by atoms with van der Waals surface area (Å²) in [7, 11) is 0. The number of rotatable bonds is 6. The quantitative estimate of drug-likeness (QED) is 0.858. The van der Waals surface area contributed by atoms with E-state index in [1.165, 1.54) is 5.56 Å². The Kier molecular flexibility index (Phi) is 5.66. The Hall–Kier alpha value is -2.69. The first-order chi connectivity index (χ1) is 12.6. The van der Waals surface area contributed by atoms with Gasteiger partial charge in [0.2, 0.25) is 0 Å². The normalized spacial score (nSPS) is 13.8. The van der Waals surface area contributed by atoms with Crippen LogP contribution >= 0.6 is 0 Å². The highest BCUT2D eigenvalue weighted by Gasteiger charge is 2.18. The van der Waals surface area contributed by atoms with Crippen LogP contribution in [-0.4, -0.2) is 25.7 Å². The molecular formula is C21H25NO4. The number of carbonyl (C=O) groups excluding carboxylic acids is 1. The molecule has 0 bridgehead atoms. The van der Waals surface area contributed by atoms with Crippen molar-refractivity contribution in [2.24, 2.45) is 0 Å². The van der Waals surface area contributed by atoms with Gasteiger partial charge in [-0.2, -0.15) is 0 Å². The molecule has 2 aromatic rings. The van der Waals surface area contributed by atoms with Crippen LogP contribution < -0.4 is 19.5 Å². The first-order valence-corrected chi connectivity index (χ1v) is 8.95. The monoisotopic (exact) mass is 355 g/mol. The van der Waals surface area contributed by atoms with Crippen LogP contribution in [0.1, 0.15) is 36.1 Å². The van der Waals surface area contributed by atoms with Crippen LogP contribution in [0.15, 0.2) is 36.4 Å². The maximum Gasteiger partial charge on any atom is 0.258 e. The van der Waals surface area contributed by atoms with Crippen molar-refractivity contribution in [3.63, 3.8) is 0 Å². The van der Waals surface area contributed by atoms with Crippen molar-refractivity contribution in [1.82, 2.24) is 5.32 Å². The third-order valence-electron chi connectivity index (χ3n) is 4.40. The predicted octanol–water partition coefficient (Wildman–Crippen LogP) is 3.72. The van der Waals surface area contributed by atoms with Gasteiger partial charge < -0.3 is 19.5 Å². The second-order valence-corrected chi connectivity index (χ2v) is 6.49. The molecule has 1 atom stereocenters. The molecule has 3 rings (SSSR count). The Balaban J connectivity index is 1.61. The summed E-state index contributed by atoms with van der Waals surface area (Å²) in [5.74, 6) is 2.07.